The fraction of sp³-hybridized carbons (Fsp3) is 0.444. The summed E-state index contributed by atoms with van der Waals surface area (Å²) < 4.78 is 10.9. The van der Waals surface area contributed by atoms with Gasteiger partial charge in [-0.1, -0.05) is 50.0 Å². The summed E-state index contributed by atoms with van der Waals surface area (Å²) >= 11 is 0. The van der Waals surface area contributed by atoms with Gasteiger partial charge < -0.3 is 9.47 Å². The summed E-state index contributed by atoms with van der Waals surface area (Å²) in [5.74, 6) is 6.40. The van der Waals surface area contributed by atoms with Crippen LogP contribution in [0, 0.1) is 17.3 Å². The molecule has 0 radical (unpaired) electrons. The minimum absolute atomic E-state index is 0.0703. The van der Waals surface area contributed by atoms with Crippen molar-refractivity contribution in [3.63, 3.8) is 0 Å². The first kappa shape index (κ1) is 16.5. The van der Waals surface area contributed by atoms with E-state index >= 15 is 0 Å². The van der Waals surface area contributed by atoms with Gasteiger partial charge in [-0.25, -0.2) is 0 Å². The third-order valence-electron chi connectivity index (χ3n) is 3.07. The minimum atomic E-state index is -0.0966. The van der Waals surface area contributed by atoms with Crippen LogP contribution in [-0.4, -0.2) is 19.5 Å². The number of rotatable bonds is 7. The Bertz CT molecular complexity index is 451. The Morgan fingerprint density at radius 2 is 2.00 bits per heavy atom. The maximum Gasteiger partial charge on any atom is 0.147 e. The molecule has 0 saturated carbocycles. The van der Waals surface area contributed by atoms with Crippen LogP contribution in [0.2, 0.25) is 0 Å². The van der Waals surface area contributed by atoms with Crippen LogP contribution in [-0.2, 0) is 9.47 Å². The molecular weight excluding hydrogens is 248 g/mol. The Kier molecular flexibility index (Phi) is 7.08. The molecule has 108 valence electrons. The fourth-order valence-electron chi connectivity index (χ4n) is 1.81. The van der Waals surface area contributed by atoms with Gasteiger partial charge in [0.05, 0.1) is 6.10 Å². The lowest BCUT2D eigenvalue weighted by atomic mass is 9.83. The summed E-state index contributed by atoms with van der Waals surface area (Å²) in [5.41, 5.74) is 0.939. The predicted molar refractivity (Wildman–Crippen MR) is 83.3 cm³/mol. The molecule has 0 aliphatic rings. The second-order valence-corrected chi connectivity index (χ2v) is 5.27. The second-order valence-electron chi connectivity index (χ2n) is 5.27. The first-order valence-corrected chi connectivity index (χ1v) is 6.96. The smallest absolute Gasteiger partial charge is 0.147 e. The molecule has 0 N–H and O–H groups in total. The van der Waals surface area contributed by atoms with Gasteiger partial charge in [0.25, 0.3) is 0 Å². The molecule has 0 fully saturated rings. The SMILES string of the molecule is C=CC(OCOCC)C(C)(C)CC#Cc1ccccc1. The van der Waals surface area contributed by atoms with Crippen LogP contribution in [0.25, 0.3) is 0 Å². The van der Waals surface area contributed by atoms with Crippen LogP contribution in [0.5, 0.6) is 0 Å². The topological polar surface area (TPSA) is 18.5 Å². The van der Waals surface area contributed by atoms with Crippen molar-refractivity contribution < 1.29 is 9.47 Å². The van der Waals surface area contributed by atoms with E-state index in [0.717, 1.165) is 12.0 Å². The van der Waals surface area contributed by atoms with E-state index in [1.165, 1.54) is 0 Å². The Hall–Kier alpha value is -1.56. The molecule has 1 unspecified atom stereocenters. The van der Waals surface area contributed by atoms with Crippen LogP contribution in [0.3, 0.4) is 0 Å². The Labute approximate surface area is 122 Å². The molecule has 0 aliphatic heterocycles. The van der Waals surface area contributed by atoms with Gasteiger partial charge in [0.1, 0.15) is 6.79 Å². The molecule has 0 heterocycles. The monoisotopic (exact) mass is 272 g/mol. The predicted octanol–water partition coefficient (Wildman–Crippen LogP) is 4.02. The van der Waals surface area contributed by atoms with Crippen LogP contribution >= 0.6 is 0 Å². The number of hydrogen-bond donors (Lipinski definition) is 0. The molecule has 0 aliphatic carbocycles. The Morgan fingerprint density at radius 3 is 2.60 bits per heavy atom. The molecule has 1 aromatic carbocycles. The minimum Gasteiger partial charge on any atom is -0.356 e. The van der Waals surface area contributed by atoms with Gasteiger partial charge in [-0.2, -0.15) is 0 Å². The van der Waals surface area contributed by atoms with Gasteiger partial charge in [0.2, 0.25) is 0 Å². The lowest BCUT2D eigenvalue weighted by molar-refractivity contribution is -0.102. The molecule has 1 atom stereocenters. The molecule has 0 bridgehead atoms. The van der Waals surface area contributed by atoms with Gasteiger partial charge in [0, 0.05) is 24.0 Å². The van der Waals surface area contributed by atoms with Crippen LogP contribution in [0.1, 0.15) is 32.8 Å². The van der Waals surface area contributed by atoms with Crippen molar-refractivity contribution >= 4 is 0 Å². The zero-order valence-corrected chi connectivity index (χ0v) is 12.7. The van der Waals surface area contributed by atoms with Crippen molar-refractivity contribution in [3.05, 3.63) is 48.6 Å². The van der Waals surface area contributed by atoms with Crippen LogP contribution < -0.4 is 0 Å². The molecule has 0 aromatic heterocycles. The van der Waals surface area contributed by atoms with Gasteiger partial charge in [-0.15, -0.1) is 6.58 Å². The van der Waals surface area contributed by atoms with Gasteiger partial charge in [-0.3, -0.25) is 0 Å². The van der Waals surface area contributed by atoms with Crippen molar-refractivity contribution in [1.29, 1.82) is 0 Å². The zero-order valence-electron chi connectivity index (χ0n) is 12.7. The molecule has 2 heteroatoms. The lowest BCUT2D eigenvalue weighted by Gasteiger charge is -2.30. The van der Waals surface area contributed by atoms with Gasteiger partial charge in [-0.05, 0) is 19.1 Å². The average molecular weight is 272 g/mol. The molecular formula is C18H24O2. The molecule has 0 amide bonds. The van der Waals surface area contributed by atoms with Crippen molar-refractivity contribution in [1.82, 2.24) is 0 Å². The first-order valence-electron chi connectivity index (χ1n) is 6.96. The van der Waals surface area contributed by atoms with Gasteiger partial charge >= 0.3 is 0 Å². The van der Waals surface area contributed by atoms with Gasteiger partial charge in [0.15, 0.2) is 0 Å². The Morgan fingerprint density at radius 1 is 1.30 bits per heavy atom. The first-order chi connectivity index (χ1) is 9.60. The molecule has 20 heavy (non-hydrogen) atoms. The van der Waals surface area contributed by atoms with E-state index in [-0.39, 0.29) is 11.5 Å². The molecule has 1 aromatic rings. The standard InChI is InChI=1S/C18H24O2/c1-5-17(20-15-19-6-2)18(3,4)14-10-13-16-11-8-7-9-12-16/h5,7-9,11-12,17H,1,6,14-15H2,2-4H3. The maximum absolute atomic E-state index is 5.69. The van der Waals surface area contributed by atoms with Crippen LogP contribution in [0.15, 0.2) is 43.0 Å². The number of benzene rings is 1. The Balaban J connectivity index is 2.58. The number of ether oxygens (including phenoxy) is 2. The highest BCUT2D eigenvalue weighted by Gasteiger charge is 2.27. The fourth-order valence-corrected chi connectivity index (χ4v) is 1.81. The molecule has 0 spiro atoms. The lowest BCUT2D eigenvalue weighted by Crippen LogP contribution is -2.30. The summed E-state index contributed by atoms with van der Waals surface area (Å²) in [5, 5.41) is 0. The zero-order chi connectivity index (χ0) is 14.8. The van der Waals surface area contributed by atoms with Crippen molar-refractivity contribution in [3.8, 4) is 11.8 Å². The summed E-state index contributed by atoms with van der Waals surface area (Å²) in [7, 11) is 0. The highest BCUT2D eigenvalue weighted by molar-refractivity contribution is 5.33. The van der Waals surface area contributed by atoms with Crippen molar-refractivity contribution in [2.24, 2.45) is 5.41 Å². The normalized spacial score (nSPS) is 12.3. The third-order valence-corrected chi connectivity index (χ3v) is 3.07. The van der Waals surface area contributed by atoms with Crippen molar-refractivity contribution in [2.75, 3.05) is 13.4 Å². The van der Waals surface area contributed by atoms with E-state index < -0.39 is 0 Å². The third kappa shape index (κ3) is 5.61. The number of hydrogen-bond acceptors (Lipinski definition) is 2. The summed E-state index contributed by atoms with van der Waals surface area (Å²) in [6, 6.07) is 10.00. The highest BCUT2D eigenvalue weighted by Crippen LogP contribution is 2.28. The van der Waals surface area contributed by atoms with E-state index in [9.17, 15) is 0 Å². The molecule has 2 nitrogen and oxygen atoms in total. The average Bonchev–Trinajstić information content (AvgIpc) is 2.44. The second kappa shape index (κ2) is 8.58. The maximum atomic E-state index is 5.69. The van der Waals surface area contributed by atoms with E-state index in [1.54, 1.807) is 0 Å². The van der Waals surface area contributed by atoms with Crippen LogP contribution in [0.4, 0.5) is 0 Å². The van der Waals surface area contributed by atoms with E-state index in [2.05, 4.69) is 32.3 Å². The van der Waals surface area contributed by atoms with E-state index in [1.807, 2.05) is 43.3 Å². The molecule has 1 rings (SSSR count). The summed E-state index contributed by atoms with van der Waals surface area (Å²) in [6.07, 6.45) is 2.49. The summed E-state index contributed by atoms with van der Waals surface area (Å²) in [4.78, 5) is 0. The van der Waals surface area contributed by atoms with E-state index in [4.69, 9.17) is 9.47 Å². The van der Waals surface area contributed by atoms with Crippen molar-refractivity contribution in [2.45, 2.75) is 33.3 Å². The molecule has 0 saturated heterocycles. The largest absolute Gasteiger partial charge is 0.356 e. The quantitative estimate of drug-likeness (QED) is 0.323. The highest BCUT2D eigenvalue weighted by atomic mass is 16.7. The summed E-state index contributed by atoms with van der Waals surface area (Å²) in [6.45, 7) is 11.0. The van der Waals surface area contributed by atoms with E-state index in [0.29, 0.717) is 13.4 Å².